The maximum atomic E-state index is 13.1. The first kappa shape index (κ1) is 20.4. The molecule has 0 unspecified atom stereocenters. The molecule has 3 rings (SSSR count). The minimum Gasteiger partial charge on any atom is -0.497 e. The van der Waals surface area contributed by atoms with Crippen molar-refractivity contribution in [2.24, 2.45) is 0 Å². The molecular formula is C19H17F3N2O5. The van der Waals surface area contributed by atoms with Gasteiger partial charge in [-0.05, 0) is 29.7 Å². The number of carbonyl (C=O) groups excluding carboxylic acids is 1. The van der Waals surface area contributed by atoms with Crippen molar-refractivity contribution in [1.29, 1.82) is 0 Å². The first-order chi connectivity index (χ1) is 13.6. The van der Waals surface area contributed by atoms with E-state index in [2.05, 4.69) is 0 Å². The smallest absolute Gasteiger partial charge is 0.416 e. The second-order valence-electron chi connectivity index (χ2n) is 6.48. The summed E-state index contributed by atoms with van der Waals surface area (Å²) in [6.07, 6.45) is -4.30. The fraction of sp³-hybridized carbons (Fsp3) is 0.316. The van der Waals surface area contributed by atoms with Gasteiger partial charge in [-0.25, -0.2) is 0 Å². The largest absolute Gasteiger partial charge is 0.497 e. The third kappa shape index (κ3) is 4.10. The maximum absolute atomic E-state index is 13.1. The topological polar surface area (TPSA) is 81.9 Å². The van der Waals surface area contributed by atoms with Crippen LogP contribution in [0.3, 0.4) is 0 Å². The van der Waals surface area contributed by atoms with E-state index in [1.807, 2.05) is 0 Å². The van der Waals surface area contributed by atoms with E-state index in [1.165, 1.54) is 19.1 Å². The van der Waals surface area contributed by atoms with Gasteiger partial charge < -0.3 is 14.4 Å². The molecule has 0 radical (unpaired) electrons. The highest BCUT2D eigenvalue weighted by molar-refractivity contribution is 5.99. The van der Waals surface area contributed by atoms with Crippen LogP contribution in [0.25, 0.3) is 0 Å². The van der Waals surface area contributed by atoms with Crippen molar-refractivity contribution in [3.05, 3.63) is 62.7 Å². The number of nitrogens with zero attached hydrogens (tertiary/aromatic N) is 2. The summed E-state index contributed by atoms with van der Waals surface area (Å²) in [5.74, 6) is 0.394. The highest BCUT2D eigenvalue weighted by Gasteiger charge is 2.34. The molecule has 1 aliphatic rings. The highest BCUT2D eigenvalue weighted by atomic mass is 19.4. The molecule has 0 spiro atoms. The van der Waals surface area contributed by atoms with Gasteiger partial charge in [-0.3, -0.25) is 14.9 Å². The SMILES string of the molecule is COc1cc2c(c(OC)c1)C(=O)N(Cc1cc([N+](=O)[O-])cc(C(F)(F)F)c1)CC2. The lowest BCUT2D eigenvalue weighted by Crippen LogP contribution is -2.37. The molecule has 0 saturated heterocycles. The molecule has 0 N–H and O–H groups in total. The Morgan fingerprint density at radius 2 is 1.86 bits per heavy atom. The molecule has 0 bridgehead atoms. The van der Waals surface area contributed by atoms with E-state index in [0.717, 1.165) is 12.1 Å². The van der Waals surface area contributed by atoms with Crippen LogP contribution in [0.5, 0.6) is 11.5 Å². The Morgan fingerprint density at radius 1 is 1.14 bits per heavy atom. The van der Waals surface area contributed by atoms with Gasteiger partial charge in [0, 0.05) is 31.3 Å². The van der Waals surface area contributed by atoms with Crippen LogP contribution in [-0.4, -0.2) is 36.5 Å². The van der Waals surface area contributed by atoms with E-state index in [9.17, 15) is 28.1 Å². The van der Waals surface area contributed by atoms with Crippen LogP contribution < -0.4 is 9.47 Å². The van der Waals surface area contributed by atoms with Crippen molar-refractivity contribution in [2.75, 3.05) is 20.8 Å². The number of fused-ring (bicyclic) bond motifs is 1. The zero-order valence-electron chi connectivity index (χ0n) is 15.6. The van der Waals surface area contributed by atoms with Crippen LogP contribution in [-0.2, 0) is 19.1 Å². The summed E-state index contributed by atoms with van der Waals surface area (Å²) < 4.78 is 49.8. The molecule has 7 nitrogen and oxygen atoms in total. The van der Waals surface area contributed by atoms with E-state index in [4.69, 9.17) is 9.47 Å². The number of nitro benzene ring substituents is 1. The van der Waals surface area contributed by atoms with Crippen LogP contribution in [0.4, 0.5) is 18.9 Å². The van der Waals surface area contributed by atoms with Gasteiger partial charge in [-0.1, -0.05) is 0 Å². The van der Waals surface area contributed by atoms with Gasteiger partial charge >= 0.3 is 6.18 Å². The zero-order chi connectivity index (χ0) is 21.3. The summed E-state index contributed by atoms with van der Waals surface area (Å²) in [5.41, 5.74) is -0.773. The quantitative estimate of drug-likeness (QED) is 0.553. The molecule has 0 saturated carbocycles. The monoisotopic (exact) mass is 410 g/mol. The lowest BCUT2D eigenvalue weighted by atomic mass is 9.96. The average Bonchev–Trinajstić information content (AvgIpc) is 2.68. The minimum absolute atomic E-state index is 0.0239. The van der Waals surface area contributed by atoms with E-state index in [0.29, 0.717) is 35.1 Å². The summed E-state index contributed by atoms with van der Waals surface area (Å²) in [5, 5.41) is 11.0. The van der Waals surface area contributed by atoms with Crippen molar-refractivity contribution in [2.45, 2.75) is 19.1 Å². The van der Waals surface area contributed by atoms with E-state index in [-0.39, 0.29) is 18.7 Å². The van der Waals surface area contributed by atoms with Crippen LogP contribution in [0, 0.1) is 10.1 Å². The van der Waals surface area contributed by atoms with Crippen molar-refractivity contribution in [3.8, 4) is 11.5 Å². The Morgan fingerprint density at radius 3 is 2.45 bits per heavy atom. The number of halogens is 3. The van der Waals surface area contributed by atoms with Gasteiger partial charge in [-0.2, -0.15) is 13.2 Å². The molecule has 0 atom stereocenters. The lowest BCUT2D eigenvalue weighted by molar-refractivity contribution is -0.385. The number of alkyl halides is 3. The summed E-state index contributed by atoms with van der Waals surface area (Å²) in [4.78, 5) is 24.4. The average molecular weight is 410 g/mol. The molecule has 0 fully saturated rings. The zero-order valence-corrected chi connectivity index (χ0v) is 15.6. The number of rotatable bonds is 5. The van der Waals surface area contributed by atoms with Gasteiger partial charge in [0.25, 0.3) is 11.6 Å². The summed E-state index contributed by atoms with van der Waals surface area (Å²) in [7, 11) is 2.89. The van der Waals surface area contributed by atoms with Crippen LogP contribution in [0.2, 0.25) is 0 Å². The Hall–Kier alpha value is -3.30. The number of ether oxygens (including phenoxy) is 2. The van der Waals surface area contributed by atoms with Crippen molar-refractivity contribution < 1.29 is 32.4 Å². The summed E-state index contributed by atoms with van der Waals surface area (Å²) in [6, 6.07) is 5.61. The molecule has 2 aromatic rings. The number of nitro groups is 1. The first-order valence-electron chi connectivity index (χ1n) is 8.53. The molecule has 29 heavy (non-hydrogen) atoms. The fourth-order valence-corrected chi connectivity index (χ4v) is 3.28. The second-order valence-corrected chi connectivity index (χ2v) is 6.48. The Bertz CT molecular complexity index is 958. The molecule has 1 amide bonds. The fourth-order valence-electron chi connectivity index (χ4n) is 3.28. The van der Waals surface area contributed by atoms with Gasteiger partial charge in [0.2, 0.25) is 0 Å². The summed E-state index contributed by atoms with van der Waals surface area (Å²) >= 11 is 0. The van der Waals surface area contributed by atoms with Crippen LogP contribution in [0.15, 0.2) is 30.3 Å². The number of amides is 1. The van der Waals surface area contributed by atoms with Gasteiger partial charge in [0.1, 0.15) is 11.5 Å². The van der Waals surface area contributed by atoms with E-state index in [1.54, 1.807) is 12.1 Å². The van der Waals surface area contributed by atoms with E-state index >= 15 is 0 Å². The van der Waals surface area contributed by atoms with Crippen LogP contribution >= 0.6 is 0 Å². The Balaban J connectivity index is 1.96. The lowest BCUT2D eigenvalue weighted by Gasteiger charge is -2.30. The van der Waals surface area contributed by atoms with Crippen molar-refractivity contribution >= 4 is 11.6 Å². The number of methoxy groups -OCH3 is 2. The normalized spacial score (nSPS) is 13.8. The number of hydrogen-bond donors (Lipinski definition) is 0. The highest BCUT2D eigenvalue weighted by Crippen LogP contribution is 2.35. The third-order valence-electron chi connectivity index (χ3n) is 4.65. The second kappa shape index (κ2) is 7.61. The predicted molar refractivity (Wildman–Crippen MR) is 96.1 cm³/mol. The molecule has 2 aromatic carbocycles. The van der Waals surface area contributed by atoms with E-state index < -0.39 is 28.3 Å². The molecular weight excluding hydrogens is 393 g/mol. The van der Waals surface area contributed by atoms with Crippen molar-refractivity contribution in [1.82, 2.24) is 4.90 Å². The van der Waals surface area contributed by atoms with Gasteiger partial charge in [0.15, 0.2) is 0 Å². The molecule has 0 aliphatic carbocycles. The first-order valence-corrected chi connectivity index (χ1v) is 8.53. The number of hydrogen-bond acceptors (Lipinski definition) is 5. The molecule has 0 aromatic heterocycles. The molecule has 1 heterocycles. The molecule has 10 heteroatoms. The Labute approximate surface area is 163 Å². The Kier molecular flexibility index (Phi) is 5.36. The maximum Gasteiger partial charge on any atom is 0.416 e. The minimum atomic E-state index is -4.74. The standard InChI is InChI=1S/C19H17F3N2O5/c1-28-15-7-12-3-4-23(18(25)17(12)16(9-15)29-2)10-11-5-13(19(20,21)22)8-14(6-11)24(26)27/h5-9H,3-4,10H2,1-2H3. The molecule has 1 aliphatic heterocycles. The number of non-ortho nitro benzene ring substituents is 1. The van der Waals surface area contributed by atoms with Crippen LogP contribution in [0.1, 0.15) is 27.0 Å². The number of benzene rings is 2. The van der Waals surface area contributed by atoms with Gasteiger partial charge in [-0.15, -0.1) is 0 Å². The van der Waals surface area contributed by atoms with Gasteiger partial charge in [0.05, 0.1) is 30.3 Å². The van der Waals surface area contributed by atoms with Crippen molar-refractivity contribution in [3.63, 3.8) is 0 Å². The molecule has 154 valence electrons. The summed E-state index contributed by atoms with van der Waals surface area (Å²) in [6.45, 7) is 0.0460. The third-order valence-corrected chi connectivity index (χ3v) is 4.65. The number of carbonyl (C=O) groups is 1. The predicted octanol–water partition coefficient (Wildman–Crippen LogP) is 3.83.